The summed E-state index contributed by atoms with van der Waals surface area (Å²) in [7, 11) is 0. The highest BCUT2D eigenvalue weighted by Gasteiger charge is 2.62. The van der Waals surface area contributed by atoms with Crippen molar-refractivity contribution in [3.05, 3.63) is 215 Å². The van der Waals surface area contributed by atoms with Gasteiger partial charge in [-0.25, -0.2) is 0 Å². The smallest absolute Gasteiger partial charge is 0.120 e. The third-order valence-corrected chi connectivity index (χ3v) is 13.3. The van der Waals surface area contributed by atoms with Gasteiger partial charge >= 0.3 is 0 Å². The monoisotopic (exact) mass is 834 g/mol. The summed E-state index contributed by atoms with van der Waals surface area (Å²) >= 11 is 0. The fourth-order valence-corrected chi connectivity index (χ4v) is 10.0. The molecule has 6 rings (SSSR count). The Bertz CT molecular complexity index is 1820. The van der Waals surface area contributed by atoms with Crippen LogP contribution in [0, 0.1) is 0 Å². The molecule has 0 aliphatic rings. The van der Waals surface area contributed by atoms with E-state index >= 15 is 0 Å². The molecule has 0 aliphatic carbocycles. The lowest BCUT2D eigenvalue weighted by atomic mass is 9.57. The van der Waals surface area contributed by atoms with Crippen molar-refractivity contribution >= 4 is 0 Å². The van der Waals surface area contributed by atoms with E-state index in [9.17, 15) is 30.6 Å². The highest BCUT2D eigenvalue weighted by molar-refractivity contribution is 5.55. The minimum absolute atomic E-state index is 0.107. The normalized spacial score (nSPS) is 16.1. The van der Waals surface area contributed by atoms with Gasteiger partial charge in [-0.15, -0.1) is 0 Å². The van der Waals surface area contributed by atoms with Crippen molar-refractivity contribution in [1.82, 2.24) is 0 Å². The molecule has 6 aromatic rings. The number of hydrogen-bond donors (Lipinski definition) is 6. The lowest BCUT2D eigenvalue weighted by Crippen LogP contribution is -2.70. The second kappa shape index (κ2) is 21.4. The molecule has 6 nitrogen and oxygen atoms in total. The summed E-state index contributed by atoms with van der Waals surface area (Å²) in [6, 6.07) is 56.9. The quantitative estimate of drug-likeness (QED) is 0.0283. The molecule has 0 bridgehead atoms. The van der Waals surface area contributed by atoms with E-state index in [1.165, 1.54) is 0 Å². The molecule has 0 saturated heterocycles. The van der Waals surface area contributed by atoms with Crippen molar-refractivity contribution in [2.75, 3.05) is 0 Å². The van der Waals surface area contributed by atoms with Crippen LogP contribution in [0.15, 0.2) is 182 Å². The van der Waals surface area contributed by atoms with E-state index in [2.05, 4.69) is 13.8 Å². The van der Waals surface area contributed by atoms with Crippen LogP contribution in [0.2, 0.25) is 0 Å². The van der Waals surface area contributed by atoms with E-state index in [1.807, 2.05) is 182 Å². The molecule has 326 valence electrons. The van der Waals surface area contributed by atoms with Crippen LogP contribution in [-0.2, 0) is 10.8 Å². The molecular weight excluding hydrogens is 769 g/mol. The summed E-state index contributed by atoms with van der Waals surface area (Å²) in [5.41, 5.74) is -3.80. The molecule has 6 atom stereocenters. The molecular formula is C56H66O6. The van der Waals surface area contributed by atoms with Crippen LogP contribution in [0.3, 0.4) is 0 Å². The molecule has 62 heavy (non-hydrogen) atoms. The van der Waals surface area contributed by atoms with Crippen molar-refractivity contribution in [2.24, 2.45) is 0 Å². The molecule has 0 fully saturated rings. The Morgan fingerprint density at radius 1 is 0.323 bits per heavy atom. The van der Waals surface area contributed by atoms with Gasteiger partial charge in [0.1, 0.15) is 35.6 Å². The molecule has 0 aliphatic heterocycles. The second-order valence-corrected chi connectivity index (χ2v) is 17.1. The van der Waals surface area contributed by atoms with Crippen molar-refractivity contribution in [3.63, 3.8) is 0 Å². The lowest BCUT2D eigenvalue weighted by molar-refractivity contribution is -0.246. The van der Waals surface area contributed by atoms with Crippen LogP contribution >= 0.6 is 0 Å². The predicted octanol–water partition coefficient (Wildman–Crippen LogP) is 9.90. The summed E-state index contributed by atoms with van der Waals surface area (Å²) < 4.78 is 0. The Hall–Kier alpha value is -4.92. The molecule has 6 aromatic carbocycles. The van der Waals surface area contributed by atoms with Gasteiger partial charge in [-0.05, 0) is 46.2 Å². The van der Waals surface area contributed by atoms with Gasteiger partial charge in [0.05, 0.1) is 10.8 Å². The lowest BCUT2D eigenvalue weighted by Gasteiger charge is -2.53. The summed E-state index contributed by atoms with van der Waals surface area (Å²) in [5, 5.41) is 80.4. The van der Waals surface area contributed by atoms with E-state index in [-0.39, 0.29) is 12.8 Å². The van der Waals surface area contributed by atoms with E-state index in [4.69, 9.17) is 0 Å². The molecule has 6 heteroatoms. The first kappa shape index (κ1) is 46.6. The maximum Gasteiger partial charge on any atom is 0.120 e. The molecule has 6 N–H and O–H groups in total. The maximum absolute atomic E-state index is 13.6. The molecule has 0 aromatic heterocycles. The third-order valence-electron chi connectivity index (χ3n) is 13.3. The molecule has 0 radical (unpaired) electrons. The number of unbranched alkanes of at least 4 members (excludes halogenated alkanes) is 6. The average Bonchev–Trinajstić information content (AvgIpc) is 3.33. The molecule has 2 unspecified atom stereocenters. The topological polar surface area (TPSA) is 121 Å². The predicted molar refractivity (Wildman–Crippen MR) is 250 cm³/mol. The fraction of sp³-hybridized carbons (Fsp3) is 0.357. The SMILES string of the molecule is CCCCCC[C@@](O)(C(O)C(c1ccccc1)(c1ccccc1)c1ccccc1)[C@@H](O)[C@H](O)[C@@](O)(CCCCCC)C(O)C(c1ccccc1)(c1ccccc1)c1ccccc1. The third kappa shape index (κ3) is 9.10. The van der Waals surface area contributed by atoms with Crippen molar-refractivity contribution in [3.8, 4) is 0 Å². The van der Waals surface area contributed by atoms with Crippen LogP contribution in [0.5, 0.6) is 0 Å². The Kier molecular flexibility index (Phi) is 16.1. The van der Waals surface area contributed by atoms with E-state index in [1.54, 1.807) is 0 Å². The largest absolute Gasteiger partial charge is 0.388 e. The molecule has 0 amide bonds. The zero-order valence-corrected chi connectivity index (χ0v) is 36.4. The summed E-state index contributed by atoms with van der Waals surface area (Å²) in [6.45, 7) is 4.17. The first-order chi connectivity index (χ1) is 30.1. The second-order valence-electron chi connectivity index (χ2n) is 17.1. The highest BCUT2D eigenvalue weighted by atomic mass is 16.4. The Balaban J connectivity index is 1.60. The van der Waals surface area contributed by atoms with Crippen LogP contribution < -0.4 is 0 Å². The van der Waals surface area contributed by atoms with Gasteiger partial charge in [-0.2, -0.15) is 0 Å². The maximum atomic E-state index is 13.6. The van der Waals surface area contributed by atoms with E-state index < -0.39 is 46.4 Å². The van der Waals surface area contributed by atoms with Gasteiger partial charge < -0.3 is 30.6 Å². The fourth-order valence-electron chi connectivity index (χ4n) is 10.0. The number of aliphatic hydroxyl groups excluding tert-OH is 4. The zero-order chi connectivity index (χ0) is 44.1. The van der Waals surface area contributed by atoms with Gasteiger partial charge in [0.15, 0.2) is 0 Å². The Morgan fingerprint density at radius 3 is 0.726 bits per heavy atom. The number of aliphatic hydroxyl groups is 6. The minimum atomic E-state index is -2.44. The van der Waals surface area contributed by atoms with Crippen LogP contribution in [0.25, 0.3) is 0 Å². The van der Waals surface area contributed by atoms with E-state index in [0.717, 1.165) is 25.7 Å². The number of benzene rings is 6. The minimum Gasteiger partial charge on any atom is -0.388 e. The summed E-state index contributed by atoms with van der Waals surface area (Å²) in [6.07, 6.45) is -2.30. The molecule has 0 heterocycles. The first-order valence-electron chi connectivity index (χ1n) is 22.6. The Morgan fingerprint density at radius 2 is 0.532 bits per heavy atom. The Labute approximate surface area is 369 Å². The van der Waals surface area contributed by atoms with Crippen LogP contribution in [-0.4, -0.2) is 66.3 Å². The summed E-state index contributed by atoms with van der Waals surface area (Å²) in [5.74, 6) is 0. The van der Waals surface area contributed by atoms with Crippen molar-refractivity contribution < 1.29 is 30.6 Å². The van der Waals surface area contributed by atoms with Gasteiger partial charge in [-0.3, -0.25) is 0 Å². The molecule has 0 saturated carbocycles. The zero-order valence-electron chi connectivity index (χ0n) is 36.4. The number of rotatable bonds is 23. The molecule has 0 spiro atoms. The standard InChI is InChI=1S/C56H66O6/c1-3-5-7-27-41-53(61,51(59)55(43-29-15-9-16-30-43,44-31-17-10-18-32-44)45-33-19-11-20-34-45)49(57)50(58)54(62,42-28-8-6-4-2)52(60)56(46-35-21-12-22-36-46,47-37-23-13-24-38-47)48-39-25-14-26-40-48/h9-26,29-40,49-52,57-62H,3-8,27-28,41-42H2,1-2H3/t49-,50-,51?,52?,53-,54-/m0/s1. The van der Waals surface area contributed by atoms with Gasteiger partial charge in [-0.1, -0.05) is 247 Å². The average molecular weight is 835 g/mol. The first-order valence-corrected chi connectivity index (χ1v) is 22.6. The van der Waals surface area contributed by atoms with Gasteiger partial charge in [0.25, 0.3) is 0 Å². The van der Waals surface area contributed by atoms with Gasteiger partial charge in [0, 0.05) is 0 Å². The van der Waals surface area contributed by atoms with Crippen LogP contribution in [0.4, 0.5) is 0 Å². The summed E-state index contributed by atoms with van der Waals surface area (Å²) in [4.78, 5) is 0. The van der Waals surface area contributed by atoms with Crippen LogP contribution in [0.1, 0.15) is 111 Å². The van der Waals surface area contributed by atoms with Crippen molar-refractivity contribution in [2.45, 2.75) is 125 Å². The van der Waals surface area contributed by atoms with E-state index in [0.29, 0.717) is 59.1 Å². The van der Waals surface area contributed by atoms with Gasteiger partial charge in [0.2, 0.25) is 0 Å². The number of hydrogen-bond acceptors (Lipinski definition) is 6. The van der Waals surface area contributed by atoms with Crippen molar-refractivity contribution in [1.29, 1.82) is 0 Å². The highest BCUT2D eigenvalue weighted by Crippen LogP contribution is 2.51.